The van der Waals surface area contributed by atoms with E-state index in [2.05, 4.69) is 17.6 Å². The quantitative estimate of drug-likeness (QED) is 0.770. The van der Waals surface area contributed by atoms with Crippen molar-refractivity contribution in [3.05, 3.63) is 35.9 Å². The second-order valence-electron chi connectivity index (χ2n) is 7.58. The number of piperidine rings is 1. The maximum absolute atomic E-state index is 12.2. The van der Waals surface area contributed by atoms with Crippen molar-refractivity contribution in [2.75, 3.05) is 0 Å². The summed E-state index contributed by atoms with van der Waals surface area (Å²) in [5, 5.41) is 6.18. The van der Waals surface area contributed by atoms with Crippen LogP contribution in [-0.4, -0.2) is 29.7 Å². The van der Waals surface area contributed by atoms with E-state index in [0.717, 1.165) is 25.7 Å². The lowest BCUT2D eigenvalue weighted by molar-refractivity contribution is -0.127. The van der Waals surface area contributed by atoms with E-state index in [4.69, 9.17) is 0 Å². The molecule has 1 saturated carbocycles. The van der Waals surface area contributed by atoms with Crippen molar-refractivity contribution >= 4 is 17.6 Å². The first-order valence-electron chi connectivity index (χ1n) is 9.73. The Morgan fingerprint density at radius 2 is 1.92 bits per heavy atom. The van der Waals surface area contributed by atoms with Gasteiger partial charge in [-0.15, -0.1) is 0 Å². The molecule has 1 heterocycles. The summed E-state index contributed by atoms with van der Waals surface area (Å²) in [7, 11) is 0. The van der Waals surface area contributed by atoms with Crippen LogP contribution < -0.4 is 10.6 Å². The minimum Gasteiger partial charge on any atom is -0.353 e. The highest BCUT2D eigenvalue weighted by Gasteiger charge is 2.40. The molecule has 1 aromatic rings. The second kappa shape index (κ2) is 8.47. The van der Waals surface area contributed by atoms with Crippen LogP contribution in [0.15, 0.2) is 30.3 Å². The third kappa shape index (κ3) is 4.51. The lowest BCUT2D eigenvalue weighted by atomic mass is 9.70. The van der Waals surface area contributed by atoms with Crippen LogP contribution in [0.25, 0.3) is 0 Å². The van der Waals surface area contributed by atoms with Crippen molar-refractivity contribution in [1.29, 1.82) is 0 Å². The number of nitrogens with one attached hydrogen (secondary N) is 2. The third-order valence-electron chi connectivity index (χ3n) is 5.87. The van der Waals surface area contributed by atoms with Gasteiger partial charge in [-0.3, -0.25) is 14.4 Å². The van der Waals surface area contributed by atoms with Gasteiger partial charge in [0.05, 0.1) is 0 Å². The average Bonchev–Trinajstić information content (AvgIpc) is 2.65. The van der Waals surface area contributed by atoms with E-state index in [1.165, 1.54) is 0 Å². The van der Waals surface area contributed by atoms with Gasteiger partial charge in [0.1, 0.15) is 0 Å². The van der Waals surface area contributed by atoms with Gasteiger partial charge < -0.3 is 10.6 Å². The molecule has 1 saturated heterocycles. The molecular formula is C21H28N2O3. The van der Waals surface area contributed by atoms with Gasteiger partial charge in [-0.25, -0.2) is 0 Å². The van der Waals surface area contributed by atoms with E-state index in [-0.39, 0.29) is 42.5 Å². The molecule has 4 atom stereocenters. The lowest BCUT2D eigenvalue weighted by Crippen LogP contribution is -2.55. The molecule has 2 fully saturated rings. The molecule has 1 aromatic carbocycles. The van der Waals surface area contributed by atoms with Gasteiger partial charge in [-0.2, -0.15) is 0 Å². The largest absolute Gasteiger partial charge is 0.353 e. The summed E-state index contributed by atoms with van der Waals surface area (Å²) >= 11 is 0. The molecule has 0 bridgehead atoms. The summed E-state index contributed by atoms with van der Waals surface area (Å²) in [6.07, 6.45) is 4.89. The molecule has 2 amide bonds. The van der Waals surface area contributed by atoms with Crippen molar-refractivity contribution in [3.63, 3.8) is 0 Å². The molecule has 2 N–H and O–H groups in total. The highest BCUT2D eigenvalue weighted by molar-refractivity contribution is 5.97. The Bertz CT molecular complexity index is 658. The van der Waals surface area contributed by atoms with Crippen LogP contribution in [0.1, 0.15) is 62.2 Å². The normalized spacial score (nSPS) is 28.0. The van der Waals surface area contributed by atoms with E-state index in [0.29, 0.717) is 23.8 Å². The highest BCUT2D eigenvalue weighted by atomic mass is 16.2. The number of fused-ring (bicyclic) bond motifs is 1. The molecule has 5 nitrogen and oxygen atoms in total. The van der Waals surface area contributed by atoms with E-state index in [1.54, 1.807) is 12.1 Å². The van der Waals surface area contributed by atoms with Crippen molar-refractivity contribution in [1.82, 2.24) is 10.6 Å². The first kappa shape index (κ1) is 18.6. The fraction of sp³-hybridized carbons (Fsp3) is 0.571. The minimum absolute atomic E-state index is 0.00482. The summed E-state index contributed by atoms with van der Waals surface area (Å²) in [5.74, 6) is 1.06. The second-order valence-corrected chi connectivity index (χ2v) is 7.58. The Labute approximate surface area is 154 Å². The van der Waals surface area contributed by atoms with Gasteiger partial charge in [0, 0.05) is 36.9 Å². The Morgan fingerprint density at radius 1 is 1.15 bits per heavy atom. The van der Waals surface area contributed by atoms with Crippen LogP contribution in [-0.2, 0) is 9.59 Å². The van der Waals surface area contributed by atoms with Gasteiger partial charge in [-0.05, 0) is 31.1 Å². The molecule has 0 spiro atoms. The number of hydrogen-bond donors (Lipinski definition) is 2. The highest BCUT2D eigenvalue weighted by Crippen LogP contribution is 2.36. The zero-order valence-corrected chi connectivity index (χ0v) is 15.4. The van der Waals surface area contributed by atoms with Crippen molar-refractivity contribution in [3.8, 4) is 0 Å². The molecule has 3 rings (SSSR count). The number of rotatable bonds is 6. The van der Waals surface area contributed by atoms with Crippen LogP contribution in [0.2, 0.25) is 0 Å². The van der Waals surface area contributed by atoms with Crippen molar-refractivity contribution in [2.24, 2.45) is 11.8 Å². The number of ketones is 1. The van der Waals surface area contributed by atoms with Crippen LogP contribution in [0, 0.1) is 11.8 Å². The minimum atomic E-state index is -0.0769. The summed E-state index contributed by atoms with van der Waals surface area (Å²) < 4.78 is 0. The Balaban J connectivity index is 1.46. The topological polar surface area (TPSA) is 75.3 Å². The molecule has 140 valence electrons. The molecule has 0 aromatic heterocycles. The fourth-order valence-electron chi connectivity index (χ4n) is 4.45. The summed E-state index contributed by atoms with van der Waals surface area (Å²) in [6, 6.07) is 9.33. The zero-order valence-electron chi connectivity index (χ0n) is 15.4. The van der Waals surface area contributed by atoms with Crippen LogP contribution in [0.5, 0.6) is 0 Å². The van der Waals surface area contributed by atoms with E-state index < -0.39 is 0 Å². The first-order valence-corrected chi connectivity index (χ1v) is 9.73. The van der Waals surface area contributed by atoms with Gasteiger partial charge in [-0.1, -0.05) is 43.7 Å². The summed E-state index contributed by atoms with van der Waals surface area (Å²) in [6.45, 7) is 2.15. The van der Waals surface area contributed by atoms with Crippen LogP contribution in [0.3, 0.4) is 0 Å². The fourth-order valence-corrected chi connectivity index (χ4v) is 4.45. The predicted molar refractivity (Wildman–Crippen MR) is 99.6 cm³/mol. The van der Waals surface area contributed by atoms with E-state index in [1.807, 2.05) is 18.2 Å². The molecule has 4 unspecified atom stereocenters. The van der Waals surface area contributed by atoms with Gasteiger partial charge >= 0.3 is 0 Å². The Morgan fingerprint density at radius 3 is 2.65 bits per heavy atom. The van der Waals surface area contributed by atoms with Gasteiger partial charge in [0.25, 0.3) is 0 Å². The maximum Gasteiger partial charge on any atom is 0.220 e. The summed E-state index contributed by atoms with van der Waals surface area (Å²) in [4.78, 5) is 36.2. The number of carbonyl (C=O) groups excluding carboxylic acids is 3. The maximum atomic E-state index is 12.2. The van der Waals surface area contributed by atoms with Gasteiger partial charge in [0.2, 0.25) is 11.8 Å². The van der Waals surface area contributed by atoms with E-state index in [9.17, 15) is 14.4 Å². The number of hydrogen-bond acceptors (Lipinski definition) is 3. The first-order chi connectivity index (χ1) is 12.6. The van der Waals surface area contributed by atoms with Gasteiger partial charge in [0.15, 0.2) is 5.78 Å². The average molecular weight is 356 g/mol. The molecular weight excluding hydrogens is 328 g/mol. The number of benzene rings is 1. The predicted octanol–water partition coefficient (Wildman–Crippen LogP) is 2.85. The number of amides is 2. The van der Waals surface area contributed by atoms with Crippen LogP contribution in [0.4, 0.5) is 0 Å². The molecule has 2 aliphatic rings. The Kier molecular flexibility index (Phi) is 6.07. The van der Waals surface area contributed by atoms with Crippen molar-refractivity contribution in [2.45, 2.75) is 64.0 Å². The zero-order chi connectivity index (χ0) is 18.5. The van der Waals surface area contributed by atoms with Crippen LogP contribution >= 0.6 is 0 Å². The SMILES string of the molecule is CCC1CC(=O)NC2CC(NC(=O)CCC(=O)c3ccccc3)CCC12. The summed E-state index contributed by atoms with van der Waals surface area (Å²) in [5.41, 5.74) is 0.649. The monoisotopic (exact) mass is 356 g/mol. The molecule has 5 heteroatoms. The third-order valence-corrected chi connectivity index (χ3v) is 5.87. The standard InChI is InChI=1S/C21H28N2O3/c1-2-14-12-21(26)23-18-13-16(8-9-17(14)18)22-20(25)11-10-19(24)15-6-4-3-5-7-15/h3-7,14,16-18H,2,8-13H2,1H3,(H,22,25)(H,23,26). The van der Waals surface area contributed by atoms with Crippen molar-refractivity contribution < 1.29 is 14.4 Å². The molecule has 1 aliphatic carbocycles. The van der Waals surface area contributed by atoms with E-state index >= 15 is 0 Å². The Hall–Kier alpha value is -2.17. The molecule has 0 radical (unpaired) electrons. The smallest absolute Gasteiger partial charge is 0.220 e. The number of Topliss-reactive ketones (excluding diaryl/α,β-unsaturated/α-hetero) is 1. The lowest BCUT2D eigenvalue weighted by Gasteiger charge is -2.44. The molecule has 1 aliphatic heterocycles. The number of carbonyl (C=O) groups is 3. The molecule has 26 heavy (non-hydrogen) atoms.